The monoisotopic (exact) mass is 377 g/mol. The van der Waals surface area contributed by atoms with Crippen LogP contribution in [0.15, 0.2) is 24.3 Å². The number of rotatable bonds is 5. The van der Waals surface area contributed by atoms with E-state index in [0.717, 1.165) is 56.9 Å². The van der Waals surface area contributed by atoms with Gasteiger partial charge >= 0.3 is 5.97 Å². The first-order valence-electron chi connectivity index (χ1n) is 9.83. The molecule has 142 valence electrons. The maximum atomic E-state index is 12.9. The number of carbonyl (C=O) groups excluding carboxylic acids is 2. The van der Waals surface area contributed by atoms with Gasteiger partial charge in [0.15, 0.2) is 6.61 Å². The largest absolute Gasteiger partial charge is 0.455 e. The smallest absolute Gasteiger partial charge is 0.317 e. The molecule has 2 fully saturated rings. The van der Waals surface area contributed by atoms with Gasteiger partial charge in [-0.3, -0.25) is 9.59 Å². The highest BCUT2D eigenvalue weighted by atomic mass is 35.5. The Kier molecular flexibility index (Phi) is 6.58. The van der Waals surface area contributed by atoms with E-state index in [1.54, 1.807) is 0 Å². The van der Waals surface area contributed by atoms with E-state index in [1.165, 1.54) is 12.8 Å². The van der Waals surface area contributed by atoms with Gasteiger partial charge in [-0.1, -0.05) is 62.3 Å². The molecular weight excluding hydrogens is 350 g/mol. The fourth-order valence-electron chi connectivity index (χ4n) is 4.32. The van der Waals surface area contributed by atoms with Crippen molar-refractivity contribution in [3.05, 3.63) is 34.9 Å². The molecule has 2 aliphatic rings. The van der Waals surface area contributed by atoms with Crippen molar-refractivity contribution in [2.45, 2.75) is 75.7 Å². The van der Waals surface area contributed by atoms with E-state index in [9.17, 15) is 9.59 Å². The summed E-state index contributed by atoms with van der Waals surface area (Å²) >= 11 is 5.98. The van der Waals surface area contributed by atoms with Crippen molar-refractivity contribution in [1.29, 1.82) is 0 Å². The van der Waals surface area contributed by atoms with Crippen LogP contribution in [0.5, 0.6) is 0 Å². The summed E-state index contributed by atoms with van der Waals surface area (Å²) in [6.07, 6.45) is 10.3. The van der Waals surface area contributed by atoms with Gasteiger partial charge in [0.2, 0.25) is 0 Å². The van der Waals surface area contributed by atoms with Gasteiger partial charge in [-0.25, -0.2) is 0 Å². The minimum absolute atomic E-state index is 0.186. The Morgan fingerprint density at radius 2 is 1.62 bits per heavy atom. The van der Waals surface area contributed by atoms with E-state index in [2.05, 4.69) is 5.32 Å². The molecule has 26 heavy (non-hydrogen) atoms. The number of carbonyl (C=O) groups is 2. The molecule has 1 amide bonds. The summed E-state index contributed by atoms with van der Waals surface area (Å²) in [7, 11) is 0. The number of nitrogens with one attached hydrogen (secondary N) is 1. The van der Waals surface area contributed by atoms with E-state index in [0.29, 0.717) is 5.02 Å². The fourth-order valence-corrected chi connectivity index (χ4v) is 4.45. The van der Waals surface area contributed by atoms with Gasteiger partial charge in [-0.2, -0.15) is 0 Å². The van der Waals surface area contributed by atoms with E-state index < -0.39 is 5.41 Å². The average Bonchev–Trinajstić information content (AvgIpc) is 3.00. The third-order valence-corrected chi connectivity index (χ3v) is 6.05. The van der Waals surface area contributed by atoms with Crippen LogP contribution in [-0.2, 0) is 19.7 Å². The summed E-state index contributed by atoms with van der Waals surface area (Å²) in [4.78, 5) is 25.1. The summed E-state index contributed by atoms with van der Waals surface area (Å²) < 4.78 is 5.46. The van der Waals surface area contributed by atoms with Crippen LogP contribution in [0.4, 0.5) is 0 Å². The zero-order valence-corrected chi connectivity index (χ0v) is 16.0. The van der Waals surface area contributed by atoms with E-state index in [-0.39, 0.29) is 24.5 Å². The van der Waals surface area contributed by atoms with Crippen LogP contribution in [-0.4, -0.2) is 24.5 Å². The van der Waals surface area contributed by atoms with Gasteiger partial charge in [-0.05, 0) is 43.4 Å². The van der Waals surface area contributed by atoms with E-state index >= 15 is 0 Å². The summed E-state index contributed by atoms with van der Waals surface area (Å²) in [6.45, 7) is -0.190. The standard InChI is InChI=1S/C21H28ClNO3/c22-17-11-9-16(10-12-17)21(13-5-6-14-21)20(25)26-15-19(24)23-18-7-3-1-2-4-8-18/h9-12,18H,1-8,13-15H2,(H,23,24). The van der Waals surface area contributed by atoms with Crippen LogP contribution in [0, 0.1) is 0 Å². The number of halogens is 1. The maximum Gasteiger partial charge on any atom is 0.317 e. The highest BCUT2D eigenvalue weighted by Crippen LogP contribution is 2.42. The highest BCUT2D eigenvalue weighted by Gasteiger charge is 2.44. The molecule has 2 saturated carbocycles. The fraction of sp³-hybridized carbons (Fsp3) is 0.619. The lowest BCUT2D eigenvalue weighted by atomic mass is 9.79. The van der Waals surface area contributed by atoms with Gasteiger partial charge in [0.05, 0.1) is 5.41 Å². The lowest BCUT2D eigenvalue weighted by molar-refractivity contribution is -0.154. The first-order chi connectivity index (χ1) is 12.6. The van der Waals surface area contributed by atoms with Crippen molar-refractivity contribution in [1.82, 2.24) is 5.32 Å². The second-order valence-electron chi connectivity index (χ2n) is 7.63. The summed E-state index contributed by atoms with van der Waals surface area (Å²) in [5, 5.41) is 3.68. The minimum atomic E-state index is -0.632. The molecule has 1 aromatic carbocycles. The quantitative estimate of drug-likeness (QED) is 0.605. The zero-order chi connectivity index (χ0) is 18.4. The Bertz CT molecular complexity index is 615. The molecule has 1 aromatic rings. The van der Waals surface area contributed by atoms with E-state index in [4.69, 9.17) is 16.3 Å². The van der Waals surface area contributed by atoms with Crippen molar-refractivity contribution in [2.75, 3.05) is 6.61 Å². The number of ether oxygens (including phenoxy) is 1. The molecule has 0 heterocycles. The van der Waals surface area contributed by atoms with Gasteiger partial charge in [-0.15, -0.1) is 0 Å². The van der Waals surface area contributed by atoms with Crippen molar-refractivity contribution in [3.8, 4) is 0 Å². The molecule has 0 bridgehead atoms. The molecule has 2 aliphatic carbocycles. The Balaban J connectivity index is 1.58. The molecule has 1 N–H and O–H groups in total. The number of amides is 1. The molecule has 0 unspecified atom stereocenters. The zero-order valence-electron chi connectivity index (χ0n) is 15.3. The van der Waals surface area contributed by atoms with Gasteiger partial charge in [0.1, 0.15) is 0 Å². The molecule has 5 heteroatoms. The summed E-state index contributed by atoms with van der Waals surface area (Å²) in [5.74, 6) is -0.470. The van der Waals surface area contributed by atoms with Gasteiger partial charge in [0.25, 0.3) is 5.91 Å². The molecule has 4 nitrogen and oxygen atoms in total. The van der Waals surface area contributed by atoms with Gasteiger partial charge < -0.3 is 10.1 Å². The van der Waals surface area contributed by atoms with Crippen molar-refractivity contribution >= 4 is 23.5 Å². The predicted octanol–water partition coefficient (Wildman–Crippen LogP) is 4.53. The Morgan fingerprint density at radius 3 is 2.23 bits per heavy atom. The molecule has 0 atom stereocenters. The second kappa shape index (κ2) is 8.90. The van der Waals surface area contributed by atoms with Crippen molar-refractivity contribution < 1.29 is 14.3 Å². The molecular formula is C21H28ClNO3. The van der Waals surface area contributed by atoms with Crippen LogP contribution < -0.4 is 5.32 Å². The van der Waals surface area contributed by atoms with Crippen LogP contribution in [0.1, 0.15) is 69.8 Å². The Morgan fingerprint density at radius 1 is 1.00 bits per heavy atom. The SMILES string of the molecule is O=C(COC(=O)C1(c2ccc(Cl)cc2)CCCC1)NC1CCCCCC1. The highest BCUT2D eigenvalue weighted by molar-refractivity contribution is 6.30. The molecule has 0 spiro atoms. The van der Waals surface area contributed by atoms with Crippen LogP contribution in [0.3, 0.4) is 0 Å². The molecule has 0 saturated heterocycles. The van der Waals surface area contributed by atoms with Crippen LogP contribution in [0.2, 0.25) is 5.02 Å². The molecule has 0 aliphatic heterocycles. The Labute approximate surface area is 160 Å². The van der Waals surface area contributed by atoms with Crippen molar-refractivity contribution in [2.24, 2.45) is 0 Å². The third-order valence-electron chi connectivity index (χ3n) is 5.80. The van der Waals surface area contributed by atoms with Crippen LogP contribution in [0.25, 0.3) is 0 Å². The van der Waals surface area contributed by atoms with E-state index in [1.807, 2.05) is 24.3 Å². The maximum absolute atomic E-state index is 12.9. The lowest BCUT2D eigenvalue weighted by Crippen LogP contribution is -2.40. The minimum Gasteiger partial charge on any atom is -0.455 e. The number of benzene rings is 1. The first kappa shape index (κ1) is 19.2. The Hall–Kier alpha value is -1.55. The average molecular weight is 378 g/mol. The summed E-state index contributed by atoms with van der Waals surface area (Å²) in [5.41, 5.74) is 0.307. The number of esters is 1. The molecule has 3 rings (SSSR count). The van der Waals surface area contributed by atoms with Crippen LogP contribution >= 0.6 is 11.6 Å². The third kappa shape index (κ3) is 4.59. The topological polar surface area (TPSA) is 55.4 Å². The second-order valence-corrected chi connectivity index (χ2v) is 8.06. The number of hydrogen-bond donors (Lipinski definition) is 1. The summed E-state index contributed by atoms with van der Waals surface area (Å²) in [6, 6.07) is 7.65. The lowest BCUT2D eigenvalue weighted by Gasteiger charge is -2.27. The molecule has 0 aromatic heterocycles. The number of hydrogen-bond acceptors (Lipinski definition) is 3. The molecule has 0 radical (unpaired) electrons. The van der Waals surface area contributed by atoms with Gasteiger partial charge in [0, 0.05) is 11.1 Å². The first-order valence-corrected chi connectivity index (χ1v) is 10.2. The van der Waals surface area contributed by atoms with Crippen molar-refractivity contribution in [3.63, 3.8) is 0 Å². The predicted molar refractivity (Wildman–Crippen MR) is 102 cm³/mol. The normalized spacial score (nSPS) is 20.3.